The van der Waals surface area contributed by atoms with E-state index in [0.717, 1.165) is 19.3 Å². The lowest BCUT2D eigenvalue weighted by molar-refractivity contribution is 0.238. The Hall–Kier alpha value is 0.0400. The van der Waals surface area contributed by atoms with E-state index in [1.54, 1.807) is 0 Å². The minimum Gasteiger partial charge on any atom is -0.325 e. The molecular formula is C9H23FNO3P. The van der Waals surface area contributed by atoms with Crippen LogP contribution in [-0.2, 0) is 9.09 Å². The summed E-state index contributed by atoms with van der Waals surface area (Å²) >= 11 is 0. The summed E-state index contributed by atoms with van der Waals surface area (Å²) in [6, 6.07) is 0. The molecule has 6 heteroatoms. The summed E-state index contributed by atoms with van der Waals surface area (Å²) < 4.78 is 24.4. The van der Waals surface area contributed by atoms with Crippen molar-refractivity contribution in [3.63, 3.8) is 0 Å². The molecule has 0 rings (SSSR count). The predicted octanol–water partition coefficient (Wildman–Crippen LogP) is 3.01. The second-order valence-electron chi connectivity index (χ2n) is 3.29. The lowest BCUT2D eigenvalue weighted by atomic mass is 9.92. The fourth-order valence-corrected chi connectivity index (χ4v) is 1.23. The highest BCUT2D eigenvalue weighted by molar-refractivity contribution is 7.46. The van der Waals surface area contributed by atoms with Gasteiger partial charge < -0.3 is 5.73 Å². The Morgan fingerprint density at radius 3 is 1.60 bits per heavy atom. The zero-order chi connectivity index (χ0) is 12.5. The maximum Gasteiger partial charge on any atom is 0.510 e. The second kappa shape index (κ2) is 8.22. The normalized spacial score (nSPS) is 15.1. The molecule has 1 atom stereocenters. The van der Waals surface area contributed by atoms with Crippen LogP contribution in [-0.4, -0.2) is 17.0 Å². The lowest BCUT2D eigenvalue weighted by Crippen LogP contribution is -2.37. The first-order valence-corrected chi connectivity index (χ1v) is 6.67. The molecule has 0 heterocycles. The third-order valence-corrected chi connectivity index (χ3v) is 2.98. The van der Waals surface area contributed by atoms with E-state index < -0.39 is 7.91 Å². The van der Waals surface area contributed by atoms with Crippen molar-refractivity contribution < 1.29 is 18.2 Å². The van der Waals surface area contributed by atoms with Crippen LogP contribution in [0.5, 0.6) is 0 Å². The maximum atomic E-state index is 11.3. The zero-order valence-corrected chi connectivity index (χ0v) is 10.9. The molecular weight excluding hydrogens is 220 g/mol. The first kappa shape index (κ1) is 17.4. The summed E-state index contributed by atoms with van der Waals surface area (Å²) in [7, 11) is -4.67. The Kier molecular flexibility index (Phi) is 9.56. The van der Waals surface area contributed by atoms with Crippen LogP contribution >= 0.6 is 7.91 Å². The van der Waals surface area contributed by atoms with Crippen molar-refractivity contribution in [3.05, 3.63) is 0 Å². The zero-order valence-electron chi connectivity index (χ0n) is 9.99. The van der Waals surface area contributed by atoms with Gasteiger partial charge in [0.2, 0.25) is 0 Å². The topological polar surface area (TPSA) is 72.5 Å². The van der Waals surface area contributed by atoms with Gasteiger partial charge in [-0.2, -0.15) is 0 Å². The third kappa shape index (κ3) is 12.0. The van der Waals surface area contributed by atoms with Crippen LogP contribution in [0.25, 0.3) is 0 Å². The lowest BCUT2D eigenvalue weighted by Gasteiger charge is -2.23. The summed E-state index contributed by atoms with van der Waals surface area (Å²) in [5.74, 6) is 0. The SMILES string of the molecule is CCC(N)(CC)CC.CCOP(=O)(O)F. The van der Waals surface area contributed by atoms with Crippen LogP contribution in [0.2, 0.25) is 0 Å². The quantitative estimate of drug-likeness (QED) is 0.728. The van der Waals surface area contributed by atoms with E-state index >= 15 is 0 Å². The molecule has 0 amide bonds. The van der Waals surface area contributed by atoms with Crippen molar-refractivity contribution in [3.8, 4) is 0 Å². The maximum absolute atomic E-state index is 11.3. The van der Waals surface area contributed by atoms with Crippen molar-refractivity contribution in [2.45, 2.75) is 52.5 Å². The molecule has 15 heavy (non-hydrogen) atoms. The van der Waals surface area contributed by atoms with Crippen molar-refractivity contribution in [1.29, 1.82) is 0 Å². The Morgan fingerprint density at radius 2 is 1.60 bits per heavy atom. The minimum absolute atomic E-state index is 0.0791. The van der Waals surface area contributed by atoms with Crippen LogP contribution in [0.3, 0.4) is 0 Å². The summed E-state index contributed by atoms with van der Waals surface area (Å²) in [6.07, 6.45) is 3.29. The summed E-state index contributed by atoms with van der Waals surface area (Å²) in [5.41, 5.74) is 6.02. The molecule has 94 valence electrons. The molecule has 3 N–H and O–H groups in total. The van der Waals surface area contributed by atoms with E-state index in [2.05, 4.69) is 25.3 Å². The summed E-state index contributed by atoms with van der Waals surface area (Å²) in [6.45, 7) is 7.79. The van der Waals surface area contributed by atoms with Crippen molar-refractivity contribution in [1.82, 2.24) is 0 Å². The van der Waals surface area contributed by atoms with Crippen molar-refractivity contribution in [2.24, 2.45) is 5.73 Å². The van der Waals surface area contributed by atoms with Gasteiger partial charge in [0.1, 0.15) is 0 Å². The largest absolute Gasteiger partial charge is 0.510 e. The fourth-order valence-electron chi connectivity index (χ4n) is 0.909. The first-order valence-electron chi connectivity index (χ1n) is 5.20. The minimum atomic E-state index is -4.67. The molecule has 0 bridgehead atoms. The van der Waals surface area contributed by atoms with Gasteiger partial charge in [0.15, 0.2) is 0 Å². The molecule has 0 saturated carbocycles. The van der Waals surface area contributed by atoms with Gasteiger partial charge in [-0.25, -0.2) is 4.57 Å². The van der Waals surface area contributed by atoms with Gasteiger partial charge in [-0.05, 0) is 26.2 Å². The van der Waals surface area contributed by atoms with Crippen LogP contribution in [0.15, 0.2) is 0 Å². The van der Waals surface area contributed by atoms with Crippen LogP contribution in [0.4, 0.5) is 4.20 Å². The molecule has 0 aliphatic rings. The average Bonchev–Trinajstić information content (AvgIpc) is 2.16. The Balaban J connectivity index is 0. The van der Waals surface area contributed by atoms with Gasteiger partial charge in [0, 0.05) is 5.54 Å². The fraction of sp³-hybridized carbons (Fsp3) is 1.00. The van der Waals surface area contributed by atoms with Gasteiger partial charge in [0.25, 0.3) is 0 Å². The van der Waals surface area contributed by atoms with Gasteiger partial charge in [-0.1, -0.05) is 20.8 Å². The number of halogens is 1. The number of rotatable bonds is 5. The Bertz CT molecular complexity index is 184. The Labute approximate surface area is 91.7 Å². The first-order chi connectivity index (χ1) is 6.74. The average molecular weight is 243 g/mol. The molecule has 0 aliphatic carbocycles. The second-order valence-corrected chi connectivity index (χ2v) is 4.45. The van der Waals surface area contributed by atoms with E-state index in [1.807, 2.05) is 0 Å². The smallest absolute Gasteiger partial charge is 0.325 e. The third-order valence-electron chi connectivity index (χ3n) is 2.40. The molecule has 4 nitrogen and oxygen atoms in total. The van der Waals surface area contributed by atoms with E-state index in [0.29, 0.717) is 0 Å². The van der Waals surface area contributed by atoms with Crippen molar-refractivity contribution >= 4 is 7.91 Å². The molecule has 0 spiro atoms. The van der Waals surface area contributed by atoms with E-state index in [4.69, 9.17) is 10.6 Å². The molecule has 0 aromatic carbocycles. The molecule has 0 saturated heterocycles. The molecule has 0 aromatic heterocycles. The standard InChI is InChI=1S/C7H17N.C2H6FO3P/c1-4-7(8,5-2)6-3;1-2-6-7(3,4)5/h4-6,8H2,1-3H3;2H2,1H3,(H,4,5). The molecule has 1 unspecified atom stereocenters. The highest BCUT2D eigenvalue weighted by atomic mass is 31.2. The molecule has 0 radical (unpaired) electrons. The van der Waals surface area contributed by atoms with E-state index in [1.165, 1.54) is 6.92 Å². The highest BCUT2D eigenvalue weighted by Gasteiger charge is 2.15. The van der Waals surface area contributed by atoms with Crippen LogP contribution < -0.4 is 5.73 Å². The van der Waals surface area contributed by atoms with Crippen LogP contribution in [0, 0.1) is 0 Å². The molecule has 0 aliphatic heterocycles. The predicted molar refractivity (Wildman–Crippen MR) is 60.4 cm³/mol. The molecule has 0 fully saturated rings. The highest BCUT2D eigenvalue weighted by Crippen LogP contribution is 2.42. The van der Waals surface area contributed by atoms with Gasteiger partial charge >= 0.3 is 7.91 Å². The van der Waals surface area contributed by atoms with Crippen LogP contribution in [0.1, 0.15) is 47.0 Å². The van der Waals surface area contributed by atoms with Crippen molar-refractivity contribution in [2.75, 3.05) is 6.61 Å². The monoisotopic (exact) mass is 243 g/mol. The van der Waals surface area contributed by atoms with E-state index in [9.17, 15) is 8.76 Å². The number of hydrogen-bond acceptors (Lipinski definition) is 3. The number of nitrogens with two attached hydrogens (primary N) is 1. The Morgan fingerprint density at radius 1 is 1.27 bits per heavy atom. The van der Waals surface area contributed by atoms with Gasteiger partial charge in [-0.3, -0.25) is 9.42 Å². The molecule has 0 aromatic rings. The van der Waals surface area contributed by atoms with Gasteiger partial charge in [-0.15, -0.1) is 4.20 Å². The van der Waals surface area contributed by atoms with Gasteiger partial charge in [0.05, 0.1) is 6.61 Å². The summed E-state index contributed by atoms with van der Waals surface area (Å²) in [5, 5.41) is 0. The summed E-state index contributed by atoms with van der Waals surface area (Å²) in [4.78, 5) is 7.68. The number of hydrogen-bond donors (Lipinski definition) is 2. The van der Waals surface area contributed by atoms with E-state index in [-0.39, 0.29) is 12.1 Å².